The van der Waals surface area contributed by atoms with Crippen molar-refractivity contribution in [3.05, 3.63) is 60.2 Å². The van der Waals surface area contributed by atoms with Gasteiger partial charge in [0, 0.05) is 12.1 Å². The van der Waals surface area contributed by atoms with Gasteiger partial charge < -0.3 is 10.1 Å². The fourth-order valence-electron chi connectivity index (χ4n) is 2.34. The van der Waals surface area contributed by atoms with Crippen LogP contribution < -0.4 is 5.32 Å². The van der Waals surface area contributed by atoms with Crippen molar-refractivity contribution in [2.75, 3.05) is 13.7 Å². The smallest absolute Gasteiger partial charge is 0.330 e. The SMILES string of the molecule is CCOC(=O)C=CCC(NC)c1ccc2ccccc2c1. The summed E-state index contributed by atoms with van der Waals surface area (Å²) in [6.07, 6.45) is 4.09. The van der Waals surface area contributed by atoms with Crippen LogP contribution in [0.1, 0.15) is 24.9 Å². The molecule has 110 valence electrons. The van der Waals surface area contributed by atoms with Crippen molar-refractivity contribution in [1.82, 2.24) is 5.32 Å². The predicted octanol–water partition coefficient (Wildman–Crippen LogP) is 3.61. The van der Waals surface area contributed by atoms with Crippen molar-refractivity contribution in [2.24, 2.45) is 0 Å². The minimum Gasteiger partial charge on any atom is -0.463 e. The Balaban J connectivity index is 2.10. The molecule has 1 unspecified atom stereocenters. The summed E-state index contributed by atoms with van der Waals surface area (Å²) in [6.45, 7) is 2.21. The van der Waals surface area contributed by atoms with Crippen LogP contribution in [-0.4, -0.2) is 19.6 Å². The van der Waals surface area contributed by atoms with Crippen LogP contribution in [0, 0.1) is 0 Å². The van der Waals surface area contributed by atoms with Crippen LogP contribution in [0.25, 0.3) is 10.8 Å². The molecule has 3 heteroatoms. The number of hydrogen-bond donors (Lipinski definition) is 1. The van der Waals surface area contributed by atoms with E-state index in [-0.39, 0.29) is 12.0 Å². The highest BCUT2D eigenvalue weighted by Crippen LogP contribution is 2.22. The first kappa shape index (κ1) is 15.3. The van der Waals surface area contributed by atoms with Crippen molar-refractivity contribution >= 4 is 16.7 Å². The zero-order valence-corrected chi connectivity index (χ0v) is 12.5. The summed E-state index contributed by atoms with van der Waals surface area (Å²) in [7, 11) is 1.93. The van der Waals surface area contributed by atoms with Crippen LogP contribution in [0.2, 0.25) is 0 Å². The lowest BCUT2D eigenvalue weighted by atomic mass is 10.00. The number of nitrogens with one attached hydrogen (secondary N) is 1. The summed E-state index contributed by atoms with van der Waals surface area (Å²) in [5, 5.41) is 5.75. The van der Waals surface area contributed by atoms with Crippen molar-refractivity contribution in [2.45, 2.75) is 19.4 Å². The Morgan fingerprint density at radius 3 is 2.71 bits per heavy atom. The van der Waals surface area contributed by atoms with Crippen molar-refractivity contribution in [3.8, 4) is 0 Å². The van der Waals surface area contributed by atoms with Gasteiger partial charge in [-0.3, -0.25) is 0 Å². The molecular formula is C18H21NO2. The Hall–Kier alpha value is -2.13. The molecular weight excluding hydrogens is 262 g/mol. The van der Waals surface area contributed by atoms with Gasteiger partial charge in [0.15, 0.2) is 0 Å². The molecule has 0 aliphatic heterocycles. The Morgan fingerprint density at radius 1 is 1.24 bits per heavy atom. The average molecular weight is 283 g/mol. The molecule has 0 heterocycles. The summed E-state index contributed by atoms with van der Waals surface area (Å²) in [5.41, 5.74) is 1.21. The monoisotopic (exact) mass is 283 g/mol. The van der Waals surface area contributed by atoms with Gasteiger partial charge in [-0.1, -0.05) is 42.5 Å². The maximum atomic E-state index is 11.3. The number of carbonyl (C=O) groups is 1. The number of hydrogen-bond acceptors (Lipinski definition) is 3. The predicted molar refractivity (Wildman–Crippen MR) is 86.1 cm³/mol. The first-order valence-corrected chi connectivity index (χ1v) is 7.24. The zero-order valence-electron chi connectivity index (χ0n) is 12.5. The number of esters is 1. The largest absolute Gasteiger partial charge is 0.463 e. The second-order valence-corrected chi connectivity index (χ2v) is 4.84. The first-order valence-electron chi connectivity index (χ1n) is 7.24. The van der Waals surface area contributed by atoms with Gasteiger partial charge in [-0.05, 0) is 42.8 Å². The van der Waals surface area contributed by atoms with Crippen LogP contribution in [-0.2, 0) is 9.53 Å². The molecule has 2 aromatic rings. The van der Waals surface area contributed by atoms with Gasteiger partial charge in [-0.25, -0.2) is 4.79 Å². The van der Waals surface area contributed by atoms with Crippen molar-refractivity contribution in [1.29, 1.82) is 0 Å². The lowest BCUT2D eigenvalue weighted by Crippen LogP contribution is -2.15. The van der Waals surface area contributed by atoms with Crippen LogP contribution >= 0.6 is 0 Å². The molecule has 0 aliphatic rings. The van der Waals surface area contributed by atoms with Gasteiger partial charge in [0.1, 0.15) is 0 Å². The molecule has 0 saturated heterocycles. The molecule has 1 atom stereocenters. The molecule has 3 nitrogen and oxygen atoms in total. The third kappa shape index (κ3) is 4.17. The standard InChI is InChI=1S/C18H21NO2/c1-3-21-18(20)10-6-9-17(19-2)16-12-11-14-7-4-5-8-15(14)13-16/h4-8,10-13,17,19H,3,9H2,1-2H3. The van der Waals surface area contributed by atoms with E-state index in [1.165, 1.54) is 22.4 Å². The highest BCUT2D eigenvalue weighted by atomic mass is 16.5. The highest BCUT2D eigenvalue weighted by Gasteiger charge is 2.08. The number of ether oxygens (including phenoxy) is 1. The number of fused-ring (bicyclic) bond motifs is 1. The maximum Gasteiger partial charge on any atom is 0.330 e. The van der Waals surface area contributed by atoms with Gasteiger partial charge in [-0.2, -0.15) is 0 Å². The van der Waals surface area contributed by atoms with Crippen molar-refractivity contribution in [3.63, 3.8) is 0 Å². The quantitative estimate of drug-likeness (QED) is 0.650. The van der Waals surface area contributed by atoms with Gasteiger partial charge in [0.25, 0.3) is 0 Å². The van der Waals surface area contributed by atoms with E-state index in [0.717, 1.165) is 6.42 Å². The molecule has 0 aromatic heterocycles. The molecule has 21 heavy (non-hydrogen) atoms. The maximum absolute atomic E-state index is 11.3. The van der Waals surface area contributed by atoms with Gasteiger partial charge in [0.2, 0.25) is 0 Å². The second-order valence-electron chi connectivity index (χ2n) is 4.84. The third-order valence-electron chi connectivity index (χ3n) is 3.44. The lowest BCUT2D eigenvalue weighted by molar-refractivity contribution is -0.137. The van der Waals surface area contributed by atoms with E-state index in [2.05, 4.69) is 35.6 Å². The molecule has 1 N–H and O–H groups in total. The average Bonchev–Trinajstić information content (AvgIpc) is 2.51. The zero-order chi connectivity index (χ0) is 15.1. The number of benzene rings is 2. The number of rotatable bonds is 6. The summed E-state index contributed by atoms with van der Waals surface area (Å²) >= 11 is 0. The van der Waals surface area contributed by atoms with Crippen LogP contribution in [0.4, 0.5) is 0 Å². The highest BCUT2D eigenvalue weighted by molar-refractivity contribution is 5.83. The molecule has 0 saturated carbocycles. The molecule has 0 bridgehead atoms. The Kier molecular flexibility index (Phi) is 5.52. The molecule has 0 amide bonds. The first-order chi connectivity index (χ1) is 10.2. The summed E-state index contributed by atoms with van der Waals surface area (Å²) in [5.74, 6) is -0.286. The van der Waals surface area contributed by atoms with E-state index >= 15 is 0 Å². The van der Waals surface area contributed by atoms with E-state index in [4.69, 9.17) is 4.74 Å². The Labute approximate surface area is 125 Å². The summed E-state index contributed by atoms with van der Waals surface area (Å²) in [4.78, 5) is 11.3. The molecule has 0 fully saturated rings. The van der Waals surface area contributed by atoms with Crippen LogP contribution in [0.15, 0.2) is 54.6 Å². The van der Waals surface area contributed by atoms with E-state index in [1.54, 1.807) is 6.92 Å². The van der Waals surface area contributed by atoms with Crippen LogP contribution in [0.3, 0.4) is 0 Å². The molecule has 0 aliphatic carbocycles. The Bertz CT molecular complexity index is 634. The van der Waals surface area contributed by atoms with E-state index in [1.807, 2.05) is 25.3 Å². The van der Waals surface area contributed by atoms with Gasteiger partial charge in [-0.15, -0.1) is 0 Å². The van der Waals surface area contributed by atoms with Gasteiger partial charge >= 0.3 is 5.97 Å². The minimum atomic E-state index is -0.286. The van der Waals surface area contributed by atoms with Gasteiger partial charge in [0.05, 0.1) is 6.61 Å². The van der Waals surface area contributed by atoms with Crippen LogP contribution in [0.5, 0.6) is 0 Å². The van der Waals surface area contributed by atoms with E-state index < -0.39 is 0 Å². The molecule has 2 rings (SSSR count). The molecule has 0 spiro atoms. The summed E-state index contributed by atoms with van der Waals surface area (Å²) in [6, 6.07) is 14.9. The normalized spacial score (nSPS) is 12.7. The number of carbonyl (C=O) groups excluding carboxylic acids is 1. The molecule has 0 radical (unpaired) electrons. The van der Waals surface area contributed by atoms with E-state index in [0.29, 0.717) is 6.61 Å². The molecule has 2 aromatic carbocycles. The topological polar surface area (TPSA) is 38.3 Å². The van der Waals surface area contributed by atoms with Crippen molar-refractivity contribution < 1.29 is 9.53 Å². The van der Waals surface area contributed by atoms with E-state index in [9.17, 15) is 4.79 Å². The fourth-order valence-corrected chi connectivity index (χ4v) is 2.34. The minimum absolute atomic E-state index is 0.181. The third-order valence-corrected chi connectivity index (χ3v) is 3.44. The lowest BCUT2D eigenvalue weighted by Gasteiger charge is -2.15. The Morgan fingerprint density at radius 2 is 2.00 bits per heavy atom. The fraction of sp³-hybridized carbons (Fsp3) is 0.278. The summed E-state index contributed by atoms with van der Waals surface area (Å²) < 4.78 is 4.87. The second kappa shape index (κ2) is 7.60.